The quantitative estimate of drug-likeness (QED) is 0.691. The van der Waals surface area contributed by atoms with Crippen LogP contribution in [-0.2, 0) is 34.3 Å². The third kappa shape index (κ3) is 3.57. The van der Waals surface area contributed by atoms with Crippen molar-refractivity contribution in [1.29, 1.82) is 0 Å². The summed E-state index contributed by atoms with van der Waals surface area (Å²) in [6.45, 7) is 4.33. The summed E-state index contributed by atoms with van der Waals surface area (Å²) in [4.78, 5) is 17.9. The van der Waals surface area contributed by atoms with Crippen molar-refractivity contribution in [3.63, 3.8) is 0 Å². The second kappa shape index (κ2) is 7.31. The molecule has 0 bridgehead atoms. The summed E-state index contributed by atoms with van der Waals surface area (Å²) in [5, 5.41) is 4.02. The number of hydrogen-bond acceptors (Lipinski definition) is 5. The van der Waals surface area contributed by atoms with Crippen LogP contribution in [-0.4, -0.2) is 40.0 Å². The first kappa shape index (κ1) is 19.1. The van der Waals surface area contributed by atoms with Crippen LogP contribution in [0.15, 0.2) is 36.5 Å². The van der Waals surface area contributed by atoms with Crippen LogP contribution in [0, 0.1) is 0 Å². The van der Waals surface area contributed by atoms with Crippen LogP contribution in [0.1, 0.15) is 24.4 Å². The van der Waals surface area contributed by atoms with E-state index in [1.54, 1.807) is 13.8 Å². The molecule has 0 aliphatic carbocycles. The van der Waals surface area contributed by atoms with Gasteiger partial charge >= 0.3 is 0 Å². The van der Waals surface area contributed by atoms with Crippen LogP contribution < -0.4 is 5.32 Å². The van der Waals surface area contributed by atoms with Crippen molar-refractivity contribution in [3.8, 4) is 0 Å². The second-order valence-electron chi connectivity index (χ2n) is 7.12. The summed E-state index contributed by atoms with van der Waals surface area (Å²) in [6, 6.07) is 9.89. The maximum atomic E-state index is 12.5. The number of hydrogen-bond donors (Lipinski definition) is 1. The normalized spacial score (nSPS) is 15.1. The smallest absolute Gasteiger partial charge is 0.246 e. The highest BCUT2D eigenvalue weighted by atomic mass is 32.2. The molecule has 28 heavy (non-hydrogen) atoms. The highest BCUT2D eigenvalue weighted by molar-refractivity contribution is 7.89. The Kier molecular flexibility index (Phi) is 4.98. The Hall–Kier alpha value is -2.23. The first-order valence-electron chi connectivity index (χ1n) is 9.16. The molecule has 0 saturated heterocycles. The minimum atomic E-state index is -3.29. The van der Waals surface area contributed by atoms with Crippen LogP contribution in [0.3, 0.4) is 0 Å². The van der Waals surface area contributed by atoms with Gasteiger partial charge in [-0.05, 0) is 31.4 Å². The molecule has 1 aromatic carbocycles. The largest absolute Gasteiger partial charge is 0.338 e. The summed E-state index contributed by atoms with van der Waals surface area (Å²) in [7, 11) is -3.29. The zero-order valence-corrected chi connectivity index (χ0v) is 17.4. The Labute approximate surface area is 168 Å². The Bertz CT molecular complexity index is 1130. The molecule has 0 atom stereocenters. The topological polar surface area (TPSA) is 84.3 Å². The minimum absolute atomic E-state index is 0.154. The lowest BCUT2D eigenvalue weighted by atomic mass is 10.2. The fraction of sp³-hybridized carbons (Fsp3) is 0.368. The van der Waals surface area contributed by atoms with Crippen molar-refractivity contribution in [2.45, 2.75) is 38.6 Å². The standard InChI is InChI=1S/C19H22N4O3S2/c1-13(2)28(25,26)23-10-8-15-17(11-23)27-19(20-15)21-18(24)12-22-9-7-14-5-3-4-6-16(14)22/h3-7,9,13H,8,10-12H2,1-2H3,(H,20,21,24). The van der Waals surface area contributed by atoms with Crippen molar-refractivity contribution < 1.29 is 13.2 Å². The molecule has 1 N–H and O–H groups in total. The molecule has 2 aromatic heterocycles. The average Bonchev–Trinajstić information content (AvgIpc) is 3.24. The Balaban J connectivity index is 1.46. The third-order valence-corrected chi connectivity index (χ3v) is 8.11. The number of amides is 1. The van der Waals surface area contributed by atoms with Crippen LogP contribution in [0.25, 0.3) is 10.9 Å². The molecule has 0 unspecified atom stereocenters. The van der Waals surface area contributed by atoms with Crippen molar-refractivity contribution in [1.82, 2.24) is 13.9 Å². The highest BCUT2D eigenvalue weighted by Gasteiger charge is 2.31. The van der Waals surface area contributed by atoms with Gasteiger partial charge in [-0.2, -0.15) is 4.31 Å². The van der Waals surface area contributed by atoms with Gasteiger partial charge in [-0.3, -0.25) is 4.79 Å². The van der Waals surface area contributed by atoms with Crippen LogP contribution >= 0.6 is 11.3 Å². The molecule has 148 valence electrons. The van der Waals surface area contributed by atoms with Crippen LogP contribution in [0.4, 0.5) is 5.13 Å². The van der Waals surface area contributed by atoms with Gasteiger partial charge in [0, 0.05) is 36.1 Å². The molecule has 1 aliphatic heterocycles. The lowest BCUT2D eigenvalue weighted by Crippen LogP contribution is -2.39. The monoisotopic (exact) mass is 418 g/mol. The van der Waals surface area contributed by atoms with Gasteiger partial charge in [0.05, 0.1) is 10.9 Å². The van der Waals surface area contributed by atoms with E-state index in [-0.39, 0.29) is 12.5 Å². The van der Waals surface area contributed by atoms with Crippen molar-refractivity contribution in [2.24, 2.45) is 0 Å². The molecule has 9 heteroatoms. The van der Waals surface area contributed by atoms with Crippen LogP contribution in [0.2, 0.25) is 0 Å². The first-order chi connectivity index (χ1) is 13.3. The van der Waals surface area contributed by atoms with E-state index in [0.717, 1.165) is 21.5 Å². The number of nitrogens with one attached hydrogen (secondary N) is 1. The minimum Gasteiger partial charge on any atom is -0.338 e. The molecule has 1 aliphatic rings. The molecule has 7 nitrogen and oxygen atoms in total. The number of anilines is 1. The number of thiazole rings is 1. The summed E-state index contributed by atoms with van der Waals surface area (Å²) >= 11 is 1.35. The number of para-hydroxylation sites is 1. The van der Waals surface area contributed by atoms with Gasteiger partial charge in [-0.15, -0.1) is 11.3 Å². The average molecular weight is 419 g/mol. The summed E-state index contributed by atoms with van der Waals surface area (Å²) in [5.74, 6) is -0.154. The SMILES string of the molecule is CC(C)S(=O)(=O)N1CCc2nc(NC(=O)Cn3ccc4ccccc43)sc2C1. The summed E-state index contributed by atoms with van der Waals surface area (Å²) < 4.78 is 28.2. The number of sulfonamides is 1. The van der Waals surface area contributed by atoms with E-state index in [0.29, 0.717) is 24.6 Å². The first-order valence-corrected chi connectivity index (χ1v) is 11.5. The predicted molar refractivity (Wildman–Crippen MR) is 111 cm³/mol. The lowest BCUT2D eigenvalue weighted by Gasteiger charge is -2.26. The fourth-order valence-electron chi connectivity index (χ4n) is 3.33. The zero-order chi connectivity index (χ0) is 19.9. The molecule has 0 fully saturated rings. The number of aromatic nitrogens is 2. The molecule has 0 radical (unpaired) electrons. The maximum Gasteiger partial charge on any atom is 0.246 e. The molecule has 1 amide bonds. The molecule has 0 spiro atoms. The Morgan fingerprint density at radius 3 is 2.86 bits per heavy atom. The number of rotatable bonds is 5. The van der Waals surface area contributed by atoms with E-state index in [2.05, 4.69) is 10.3 Å². The zero-order valence-electron chi connectivity index (χ0n) is 15.8. The summed E-state index contributed by atoms with van der Waals surface area (Å²) in [6.07, 6.45) is 2.46. The van der Waals surface area contributed by atoms with Crippen LogP contribution in [0.5, 0.6) is 0 Å². The molecule has 0 saturated carbocycles. The molecule has 3 aromatic rings. The van der Waals surface area contributed by atoms with Crippen molar-refractivity contribution in [2.75, 3.05) is 11.9 Å². The van der Waals surface area contributed by atoms with E-state index >= 15 is 0 Å². The maximum absolute atomic E-state index is 12.5. The molecular formula is C19H22N4O3S2. The van der Waals surface area contributed by atoms with Gasteiger partial charge in [0.25, 0.3) is 0 Å². The number of benzene rings is 1. The van der Waals surface area contributed by atoms with E-state index in [1.807, 2.05) is 41.1 Å². The number of nitrogens with zero attached hydrogens (tertiary/aromatic N) is 3. The fourth-order valence-corrected chi connectivity index (χ4v) is 5.71. The number of carbonyl (C=O) groups excluding carboxylic acids is 1. The van der Waals surface area contributed by atoms with E-state index in [1.165, 1.54) is 15.6 Å². The van der Waals surface area contributed by atoms with Crippen molar-refractivity contribution >= 4 is 43.3 Å². The predicted octanol–water partition coefficient (Wildman–Crippen LogP) is 2.83. The third-order valence-electron chi connectivity index (χ3n) is 4.89. The molecule has 3 heterocycles. The van der Waals surface area contributed by atoms with Gasteiger partial charge in [0.15, 0.2) is 5.13 Å². The lowest BCUT2D eigenvalue weighted by molar-refractivity contribution is -0.116. The van der Waals surface area contributed by atoms with Gasteiger partial charge < -0.3 is 9.88 Å². The highest BCUT2D eigenvalue weighted by Crippen LogP contribution is 2.30. The van der Waals surface area contributed by atoms with E-state index < -0.39 is 15.3 Å². The second-order valence-corrected chi connectivity index (χ2v) is 10.7. The Morgan fingerprint density at radius 2 is 2.07 bits per heavy atom. The van der Waals surface area contributed by atoms with Gasteiger partial charge in [-0.25, -0.2) is 13.4 Å². The van der Waals surface area contributed by atoms with E-state index in [4.69, 9.17) is 0 Å². The molecular weight excluding hydrogens is 396 g/mol. The van der Waals surface area contributed by atoms with Crippen molar-refractivity contribution in [3.05, 3.63) is 47.1 Å². The number of fused-ring (bicyclic) bond motifs is 2. The van der Waals surface area contributed by atoms with Gasteiger partial charge in [0.1, 0.15) is 6.54 Å². The van der Waals surface area contributed by atoms with E-state index in [9.17, 15) is 13.2 Å². The van der Waals surface area contributed by atoms with Gasteiger partial charge in [0.2, 0.25) is 15.9 Å². The number of carbonyl (C=O) groups is 1. The Morgan fingerprint density at radius 1 is 1.29 bits per heavy atom. The molecule has 4 rings (SSSR count). The van der Waals surface area contributed by atoms with Gasteiger partial charge in [-0.1, -0.05) is 18.2 Å². The summed E-state index contributed by atoms with van der Waals surface area (Å²) in [5.41, 5.74) is 1.88.